The summed E-state index contributed by atoms with van der Waals surface area (Å²) in [5, 5.41) is 0. The van der Waals surface area contributed by atoms with E-state index in [2.05, 4.69) is 9.62 Å². The number of carbonyl (C=O) groups excluding carboxylic acids is 1. The molecule has 2 aromatic rings. The SMILES string of the molecule is Cc1ccc(S(=O)(=O)NCCC(=O)N2CCCN(c3ccc(F)cc3)CC2)cc1C. The summed E-state index contributed by atoms with van der Waals surface area (Å²) in [6, 6.07) is 11.3. The predicted octanol–water partition coefficient (Wildman–Crippen LogP) is 2.85. The summed E-state index contributed by atoms with van der Waals surface area (Å²) in [5.41, 5.74) is 2.87. The lowest BCUT2D eigenvalue weighted by molar-refractivity contribution is -0.130. The highest BCUT2D eigenvalue weighted by Crippen LogP contribution is 2.18. The van der Waals surface area contributed by atoms with Gasteiger partial charge in [-0.3, -0.25) is 4.79 Å². The molecule has 0 saturated carbocycles. The van der Waals surface area contributed by atoms with Gasteiger partial charge in [-0.05, 0) is 67.8 Å². The van der Waals surface area contributed by atoms with Crippen molar-refractivity contribution in [3.63, 3.8) is 0 Å². The van der Waals surface area contributed by atoms with Gasteiger partial charge in [0, 0.05) is 44.8 Å². The predicted molar refractivity (Wildman–Crippen MR) is 116 cm³/mol. The van der Waals surface area contributed by atoms with Crippen molar-refractivity contribution in [2.24, 2.45) is 0 Å². The van der Waals surface area contributed by atoms with Gasteiger partial charge in [0.2, 0.25) is 15.9 Å². The maximum atomic E-state index is 13.1. The number of hydrogen-bond donors (Lipinski definition) is 1. The third kappa shape index (κ3) is 5.58. The van der Waals surface area contributed by atoms with E-state index in [-0.39, 0.29) is 29.6 Å². The van der Waals surface area contributed by atoms with Crippen molar-refractivity contribution in [2.45, 2.75) is 31.6 Å². The van der Waals surface area contributed by atoms with E-state index in [4.69, 9.17) is 0 Å². The lowest BCUT2D eigenvalue weighted by Crippen LogP contribution is -2.37. The van der Waals surface area contributed by atoms with Crippen LogP contribution in [0.15, 0.2) is 47.4 Å². The third-order valence-corrected chi connectivity index (χ3v) is 6.92. The Morgan fingerprint density at radius 3 is 2.43 bits per heavy atom. The molecule has 0 bridgehead atoms. The second-order valence-corrected chi connectivity index (χ2v) is 9.36. The van der Waals surface area contributed by atoms with Crippen molar-refractivity contribution in [3.05, 3.63) is 59.4 Å². The smallest absolute Gasteiger partial charge is 0.240 e. The molecule has 0 unspecified atom stereocenters. The summed E-state index contributed by atoms with van der Waals surface area (Å²) in [7, 11) is -3.64. The zero-order chi connectivity index (χ0) is 21.7. The quantitative estimate of drug-likeness (QED) is 0.761. The standard InChI is InChI=1S/C22H28FN3O3S/c1-17-4-9-21(16-18(17)2)30(28,29)24-11-10-22(27)26-13-3-12-25(14-15-26)20-7-5-19(23)6-8-20/h4-9,16,24H,3,10-15H2,1-2H3. The van der Waals surface area contributed by atoms with Crippen LogP contribution in [0.25, 0.3) is 0 Å². The van der Waals surface area contributed by atoms with Gasteiger partial charge in [-0.2, -0.15) is 0 Å². The highest BCUT2D eigenvalue weighted by molar-refractivity contribution is 7.89. The van der Waals surface area contributed by atoms with Crippen LogP contribution in [-0.2, 0) is 14.8 Å². The topological polar surface area (TPSA) is 69.7 Å². The van der Waals surface area contributed by atoms with E-state index in [1.165, 1.54) is 12.1 Å². The molecule has 162 valence electrons. The molecule has 1 saturated heterocycles. The highest BCUT2D eigenvalue weighted by Gasteiger charge is 2.20. The van der Waals surface area contributed by atoms with Crippen LogP contribution < -0.4 is 9.62 Å². The Morgan fingerprint density at radius 1 is 1.00 bits per heavy atom. The maximum Gasteiger partial charge on any atom is 0.240 e. The Hall–Kier alpha value is -2.45. The largest absolute Gasteiger partial charge is 0.370 e. The van der Waals surface area contributed by atoms with E-state index in [0.717, 1.165) is 29.8 Å². The minimum absolute atomic E-state index is 0.0618. The molecule has 0 radical (unpaired) electrons. The normalized spacial score (nSPS) is 15.2. The average Bonchev–Trinajstić information content (AvgIpc) is 2.97. The molecule has 0 aromatic heterocycles. The fraction of sp³-hybridized carbons (Fsp3) is 0.409. The third-order valence-electron chi connectivity index (χ3n) is 5.46. The van der Waals surface area contributed by atoms with Crippen molar-refractivity contribution in [1.29, 1.82) is 0 Å². The van der Waals surface area contributed by atoms with Gasteiger partial charge in [0.1, 0.15) is 5.82 Å². The monoisotopic (exact) mass is 433 g/mol. The molecule has 1 aliphatic rings. The molecule has 1 fully saturated rings. The Morgan fingerprint density at radius 2 is 1.73 bits per heavy atom. The Balaban J connectivity index is 1.51. The average molecular weight is 434 g/mol. The first-order valence-corrected chi connectivity index (χ1v) is 11.6. The van der Waals surface area contributed by atoms with Crippen LogP contribution in [0.5, 0.6) is 0 Å². The second kappa shape index (κ2) is 9.57. The fourth-order valence-electron chi connectivity index (χ4n) is 3.49. The zero-order valence-corrected chi connectivity index (χ0v) is 18.2. The lowest BCUT2D eigenvalue weighted by atomic mass is 10.1. The summed E-state index contributed by atoms with van der Waals surface area (Å²) < 4.78 is 40.6. The van der Waals surface area contributed by atoms with Gasteiger partial charge in [-0.15, -0.1) is 0 Å². The van der Waals surface area contributed by atoms with E-state index in [9.17, 15) is 17.6 Å². The molecule has 6 nitrogen and oxygen atoms in total. The van der Waals surface area contributed by atoms with Gasteiger partial charge in [-0.1, -0.05) is 6.07 Å². The molecule has 0 atom stereocenters. The minimum atomic E-state index is -3.64. The van der Waals surface area contributed by atoms with Crippen LogP contribution >= 0.6 is 0 Å². The Bertz CT molecular complexity index is 993. The number of hydrogen-bond acceptors (Lipinski definition) is 4. The van der Waals surface area contributed by atoms with Gasteiger partial charge >= 0.3 is 0 Å². The van der Waals surface area contributed by atoms with E-state index in [0.29, 0.717) is 19.6 Å². The van der Waals surface area contributed by atoms with E-state index >= 15 is 0 Å². The van der Waals surface area contributed by atoms with Crippen LogP contribution in [0.4, 0.5) is 10.1 Å². The number of sulfonamides is 1. The molecule has 30 heavy (non-hydrogen) atoms. The molecule has 1 amide bonds. The van der Waals surface area contributed by atoms with Gasteiger partial charge in [0.05, 0.1) is 4.90 Å². The van der Waals surface area contributed by atoms with Crippen molar-refractivity contribution in [3.8, 4) is 0 Å². The van der Waals surface area contributed by atoms with E-state index < -0.39 is 10.0 Å². The van der Waals surface area contributed by atoms with E-state index in [1.807, 2.05) is 13.8 Å². The van der Waals surface area contributed by atoms with Crippen molar-refractivity contribution in [1.82, 2.24) is 9.62 Å². The number of carbonyl (C=O) groups is 1. The fourth-order valence-corrected chi connectivity index (χ4v) is 4.61. The summed E-state index contributed by atoms with van der Waals surface area (Å²) in [6.45, 7) is 6.48. The molecule has 3 rings (SSSR count). The molecule has 0 aliphatic carbocycles. The second-order valence-electron chi connectivity index (χ2n) is 7.59. The molecule has 1 heterocycles. The number of halogens is 1. The van der Waals surface area contributed by atoms with Gasteiger partial charge in [0.25, 0.3) is 0 Å². The molecule has 1 aliphatic heterocycles. The highest BCUT2D eigenvalue weighted by atomic mass is 32.2. The molecule has 0 spiro atoms. The van der Waals surface area contributed by atoms with Crippen LogP contribution in [0.3, 0.4) is 0 Å². The van der Waals surface area contributed by atoms with Crippen LogP contribution in [0.1, 0.15) is 24.0 Å². The number of anilines is 1. The molecule has 8 heteroatoms. The van der Waals surface area contributed by atoms with Gasteiger partial charge < -0.3 is 9.80 Å². The number of amides is 1. The first kappa shape index (κ1) is 22.2. The number of aryl methyl sites for hydroxylation is 2. The summed E-state index contributed by atoms with van der Waals surface area (Å²) in [4.78, 5) is 16.7. The lowest BCUT2D eigenvalue weighted by Gasteiger charge is -2.23. The van der Waals surface area contributed by atoms with Crippen LogP contribution in [0.2, 0.25) is 0 Å². The summed E-state index contributed by atoms with van der Waals surface area (Å²) in [6.07, 6.45) is 0.915. The number of nitrogens with one attached hydrogen (secondary N) is 1. The number of nitrogens with zero attached hydrogens (tertiary/aromatic N) is 2. The Labute approximate surface area is 177 Å². The minimum Gasteiger partial charge on any atom is -0.370 e. The first-order valence-electron chi connectivity index (χ1n) is 10.1. The molecular weight excluding hydrogens is 405 g/mol. The van der Waals surface area contributed by atoms with Crippen LogP contribution in [-0.4, -0.2) is 51.9 Å². The van der Waals surface area contributed by atoms with Crippen molar-refractivity contribution < 1.29 is 17.6 Å². The number of benzene rings is 2. The van der Waals surface area contributed by atoms with Crippen molar-refractivity contribution >= 4 is 21.6 Å². The van der Waals surface area contributed by atoms with E-state index in [1.54, 1.807) is 35.2 Å². The molecular formula is C22H28FN3O3S. The summed E-state index contributed by atoms with van der Waals surface area (Å²) >= 11 is 0. The summed E-state index contributed by atoms with van der Waals surface area (Å²) in [5.74, 6) is -0.340. The number of rotatable bonds is 6. The maximum absolute atomic E-state index is 13.1. The van der Waals surface area contributed by atoms with Crippen LogP contribution in [0, 0.1) is 19.7 Å². The Kier molecular flexibility index (Phi) is 7.10. The first-order chi connectivity index (χ1) is 14.3. The zero-order valence-electron chi connectivity index (χ0n) is 17.4. The molecule has 2 aromatic carbocycles. The molecule has 1 N–H and O–H groups in total. The van der Waals surface area contributed by atoms with Gasteiger partial charge in [0.15, 0.2) is 0 Å². The van der Waals surface area contributed by atoms with Crippen molar-refractivity contribution in [2.75, 3.05) is 37.6 Å². The van der Waals surface area contributed by atoms with Gasteiger partial charge in [-0.25, -0.2) is 17.5 Å².